The maximum absolute atomic E-state index is 12.9. The van der Waals surface area contributed by atoms with Crippen molar-refractivity contribution in [1.82, 2.24) is 4.98 Å². The van der Waals surface area contributed by atoms with E-state index in [-0.39, 0.29) is 12.3 Å². The van der Waals surface area contributed by atoms with Gasteiger partial charge in [0, 0.05) is 9.37 Å². The van der Waals surface area contributed by atoms with E-state index in [1.807, 2.05) is 42.5 Å². The molecule has 1 aromatic heterocycles. The maximum atomic E-state index is 12.9. The van der Waals surface area contributed by atoms with Gasteiger partial charge in [-0.2, -0.15) is 0 Å². The number of carboxylic acids is 1. The van der Waals surface area contributed by atoms with E-state index in [9.17, 15) is 9.59 Å². The van der Waals surface area contributed by atoms with E-state index in [1.165, 1.54) is 23.1 Å². The van der Waals surface area contributed by atoms with Crippen molar-refractivity contribution in [2.45, 2.75) is 23.1 Å². The van der Waals surface area contributed by atoms with Gasteiger partial charge in [-0.15, -0.1) is 23.1 Å². The van der Waals surface area contributed by atoms with Crippen molar-refractivity contribution in [1.29, 1.82) is 0 Å². The van der Waals surface area contributed by atoms with Gasteiger partial charge in [0.15, 0.2) is 0 Å². The van der Waals surface area contributed by atoms with Crippen LogP contribution in [0.25, 0.3) is 10.2 Å². The first-order chi connectivity index (χ1) is 12.5. The molecule has 1 aliphatic rings. The number of amides is 1. The fraction of sp³-hybridized carbons (Fsp3) is 0.167. The molecule has 0 saturated heterocycles. The monoisotopic (exact) mass is 448 g/mol. The molecule has 1 atom stereocenters. The summed E-state index contributed by atoms with van der Waals surface area (Å²) in [5.74, 6) is -1.16. The van der Waals surface area contributed by atoms with E-state index in [2.05, 4.69) is 20.9 Å². The van der Waals surface area contributed by atoms with Gasteiger partial charge in [-0.1, -0.05) is 28.1 Å². The first-order valence-electron chi connectivity index (χ1n) is 7.85. The highest BCUT2D eigenvalue weighted by molar-refractivity contribution is 9.10. The van der Waals surface area contributed by atoms with Gasteiger partial charge < -0.3 is 10.0 Å². The van der Waals surface area contributed by atoms with Crippen LogP contribution in [0, 0.1) is 0 Å². The van der Waals surface area contributed by atoms with Gasteiger partial charge in [0.1, 0.15) is 5.01 Å². The van der Waals surface area contributed by atoms with Gasteiger partial charge >= 0.3 is 5.97 Å². The Morgan fingerprint density at radius 2 is 2.08 bits per heavy atom. The number of hydrogen-bond acceptors (Lipinski definition) is 5. The molecule has 2 aromatic carbocycles. The van der Waals surface area contributed by atoms with Crippen LogP contribution in [0.5, 0.6) is 0 Å². The predicted octanol–water partition coefficient (Wildman–Crippen LogP) is 4.54. The number of fused-ring (bicyclic) bond motifs is 2. The molecule has 1 aliphatic heterocycles. The van der Waals surface area contributed by atoms with Crippen LogP contribution in [-0.4, -0.2) is 27.2 Å². The van der Waals surface area contributed by atoms with Crippen LogP contribution in [0.3, 0.4) is 0 Å². The van der Waals surface area contributed by atoms with E-state index in [0.29, 0.717) is 6.54 Å². The first kappa shape index (κ1) is 17.5. The maximum Gasteiger partial charge on any atom is 0.305 e. The molecule has 0 bridgehead atoms. The summed E-state index contributed by atoms with van der Waals surface area (Å²) in [7, 11) is 0. The molecule has 8 heteroatoms. The fourth-order valence-electron chi connectivity index (χ4n) is 2.88. The number of carboxylic acid groups (broad SMARTS) is 1. The number of aliphatic carboxylic acids is 1. The van der Waals surface area contributed by atoms with Crippen LogP contribution in [0.15, 0.2) is 51.8 Å². The number of carbonyl (C=O) groups is 2. The molecular formula is C18H13BrN2O3S2. The van der Waals surface area contributed by atoms with Crippen LogP contribution in [-0.2, 0) is 16.1 Å². The number of anilines is 1. The van der Waals surface area contributed by atoms with Crippen molar-refractivity contribution < 1.29 is 14.7 Å². The van der Waals surface area contributed by atoms with Gasteiger partial charge in [0.2, 0.25) is 5.91 Å². The quantitative estimate of drug-likeness (QED) is 0.634. The molecule has 0 spiro atoms. The second-order valence-corrected chi connectivity index (χ2v) is 9.09. The average molecular weight is 449 g/mol. The number of thiazole rings is 1. The Labute approximate surface area is 166 Å². The Morgan fingerprint density at radius 3 is 2.88 bits per heavy atom. The number of thioether (sulfide) groups is 1. The zero-order chi connectivity index (χ0) is 18.3. The Balaban J connectivity index is 1.70. The summed E-state index contributed by atoms with van der Waals surface area (Å²) >= 11 is 6.32. The van der Waals surface area contributed by atoms with Crippen molar-refractivity contribution in [2.75, 3.05) is 4.90 Å². The lowest BCUT2D eigenvalue weighted by Gasteiger charge is -2.32. The molecule has 2 heterocycles. The molecule has 5 nitrogen and oxygen atoms in total. The molecule has 0 fully saturated rings. The minimum atomic E-state index is -0.972. The second-order valence-electron chi connectivity index (χ2n) is 5.82. The van der Waals surface area contributed by atoms with Gasteiger partial charge in [0.25, 0.3) is 0 Å². The highest BCUT2D eigenvalue weighted by atomic mass is 79.9. The van der Waals surface area contributed by atoms with Crippen LogP contribution in [0.2, 0.25) is 0 Å². The smallest absolute Gasteiger partial charge is 0.305 e. The van der Waals surface area contributed by atoms with Gasteiger partial charge in [0.05, 0.1) is 34.1 Å². The number of rotatable bonds is 4. The summed E-state index contributed by atoms with van der Waals surface area (Å²) in [5.41, 5.74) is 1.70. The largest absolute Gasteiger partial charge is 0.481 e. The number of para-hydroxylation sites is 1. The summed E-state index contributed by atoms with van der Waals surface area (Å²) in [6.45, 7) is 0.337. The van der Waals surface area contributed by atoms with Crippen molar-refractivity contribution in [3.05, 3.63) is 51.9 Å². The molecule has 132 valence electrons. The van der Waals surface area contributed by atoms with Crippen LogP contribution in [0.1, 0.15) is 11.4 Å². The molecule has 26 heavy (non-hydrogen) atoms. The number of hydrogen-bond donors (Lipinski definition) is 1. The van der Waals surface area contributed by atoms with Crippen molar-refractivity contribution in [2.24, 2.45) is 0 Å². The van der Waals surface area contributed by atoms with E-state index < -0.39 is 11.2 Å². The molecule has 0 radical (unpaired) electrons. The number of aromatic nitrogens is 1. The van der Waals surface area contributed by atoms with Crippen LogP contribution in [0.4, 0.5) is 5.69 Å². The lowest BCUT2D eigenvalue weighted by atomic mass is 10.2. The predicted molar refractivity (Wildman–Crippen MR) is 107 cm³/mol. The number of benzene rings is 2. The first-order valence-corrected chi connectivity index (χ1v) is 10.3. The molecule has 1 N–H and O–H groups in total. The lowest BCUT2D eigenvalue weighted by molar-refractivity contribution is -0.138. The van der Waals surface area contributed by atoms with Crippen LogP contribution < -0.4 is 4.90 Å². The number of carbonyl (C=O) groups excluding carboxylic acids is 1. The zero-order valence-corrected chi connectivity index (χ0v) is 16.6. The number of nitrogens with zero attached hydrogens (tertiary/aromatic N) is 2. The summed E-state index contributed by atoms with van der Waals surface area (Å²) in [4.78, 5) is 31.2. The van der Waals surface area contributed by atoms with Crippen molar-refractivity contribution in [3.63, 3.8) is 0 Å². The molecule has 3 aromatic rings. The SMILES string of the molecule is O=C(O)CC1Sc2ccccc2N(Cc2nc3ccc(Br)cc3s2)C1=O. The molecular weight excluding hydrogens is 436 g/mol. The van der Waals surface area contributed by atoms with E-state index >= 15 is 0 Å². The summed E-state index contributed by atoms with van der Waals surface area (Å²) in [6, 6.07) is 13.5. The van der Waals surface area contributed by atoms with E-state index in [4.69, 9.17) is 5.11 Å². The van der Waals surface area contributed by atoms with E-state index in [1.54, 1.807) is 4.90 Å². The standard InChI is InChI=1S/C18H13BrN2O3S2/c19-10-5-6-11-14(7-10)26-16(20-11)9-21-12-3-1-2-4-13(12)25-15(18(21)24)8-17(22)23/h1-7,15H,8-9H2,(H,22,23). The average Bonchev–Trinajstić information content (AvgIpc) is 2.99. The third-order valence-corrected chi connectivity index (χ3v) is 6.76. The topological polar surface area (TPSA) is 70.5 Å². The molecule has 0 saturated carbocycles. The molecule has 4 rings (SSSR count). The number of halogens is 1. The van der Waals surface area contributed by atoms with Gasteiger partial charge in [-0.25, -0.2) is 4.98 Å². The van der Waals surface area contributed by atoms with Crippen LogP contribution >= 0.6 is 39.0 Å². The normalized spacial score (nSPS) is 16.7. The molecule has 1 amide bonds. The Hall–Kier alpha value is -1.90. The highest BCUT2D eigenvalue weighted by Gasteiger charge is 2.35. The van der Waals surface area contributed by atoms with E-state index in [0.717, 1.165) is 30.3 Å². The Kier molecular flexibility index (Phi) is 4.73. The minimum Gasteiger partial charge on any atom is -0.481 e. The van der Waals surface area contributed by atoms with Crippen molar-refractivity contribution >= 4 is 66.8 Å². The second kappa shape index (κ2) is 7.02. The third-order valence-electron chi connectivity index (χ3n) is 4.01. The molecule has 1 unspecified atom stereocenters. The summed E-state index contributed by atoms with van der Waals surface area (Å²) in [6.07, 6.45) is -0.193. The highest BCUT2D eigenvalue weighted by Crippen LogP contribution is 2.41. The Morgan fingerprint density at radius 1 is 1.27 bits per heavy atom. The molecule has 0 aliphatic carbocycles. The fourth-order valence-corrected chi connectivity index (χ4v) is 5.60. The summed E-state index contributed by atoms with van der Waals surface area (Å²) < 4.78 is 2.03. The van der Waals surface area contributed by atoms with Gasteiger partial charge in [-0.3, -0.25) is 9.59 Å². The van der Waals surface area contributed by atoms with Gasteiger partial charge in [-0.05, 0) is 30.3 Å². The Bertz CT molecular complexity index is 1020. The lowest BCUT2D eigenvalue weighted by Crippen LogP contribution is -2.41. The zero-order valence-electron chi connectivity index (χ0n) is 13.4. The minimum absolute atomic E-state index is 0.184. The summed E-state index contributed by atoms with van der Waals surface area (Å²) in [5, 5.41) is 9.33. The van der Waals surface area contributed by atoms with Crippen molar-refractivity contribution in [3.8, 4) is 0 Å². The third kappa shape index (κ3) is 3.36.